The Bertz CT molecular complexity index is 485. The minimum atomic E-state index is -0.305. The molecule has 0 aromatic heterocycles. The van der Waals surface area contributed by atoms with Gasteiger partial charge in [-0.15, -0.1) is 0 Å². The van der Waals surface area contributed by atoms with E-state index >= 15 is 0 Å². The van der Waals surface area contributed by atoms with Crippen molar-refractivity contribution in [1.29, 1.82) is 0 Å². The number of likely N-dealkylation sites (tertiary alicyclic amines) is 1. The Morgan fingerprint density at radius 1 is 1.50 bits per heavy atom. The lowest BCUT2D eigenvalue weighted by Gasteiger charge is -2.31. The Labute approximate surface area is 118 Å². The topological polar surface area (TPSA) is 40.5 Å². The van der Waals surface area contributed by atoms with Crippen LogP contribution in [0.1, 0.15) is 24.8 Å². The van der Waals surface area contributed by atoms with Gasteiger partial charge in [0.2, 0.25) is 5.91 Å². The second-order valence-corrected chi connectivity index (χ2v) is 5.19. The van der Waals surface area contributed by atoms with Crippen LogP contribution in [0, 0.1) is 11.7 Å². The summed E-state index contributed by atoms with van der Waals surface area (Å²) in [5.41, 5.74) is 0.683. The van der Waals surface area contributed by atoms with Gasteiger partial charge in [0.1, 0.15) is 5.82 Å². The van der Waals surface area contributed by atoms with Crippen molar-refractivity contribution in [3.05, 3.63) is 41.7 Å². The third-order valence-electron chi connectivity index (χ3n) is 3.64. The van der Waals surface area contributed by atoms with Crippen molar-refractivity contribution in [3.63, 3.8) is 0 Å². The first kappa shape index (κ1) is 14.7. The van der Waals surface area contributed by atoms with Gasteiger partial charge in [-0.1, -0.05) is 12.1 Å². The Hall–Kier alpha value is -1.68. The summed E-state index contributed by atoms with van der Waals surface area (Å²) < 4.78 is 13.0. The minimum Gasteiger partial charge on any atom is -0.396 e. The van der Waals surface area contributed by atoms with Crippen molar-refractivity contribution in [3.8, 4) is 0 Å². The van der Waals surface area contributed by atoms with E-state index in [0.717, 1.165) is 25.8 Å². The van der Waals surface area contributed by atoms with Gasteiger partial charge < -0.3 is 10.0 Å². The maximum atomic E-state index is 13.0. The van der Waals surface area contributed by atoms with Crippen LogP contribution in [0.5, 0.6) is 0 Å². The fourth-order valence-electron chi connectivity index (χ4n) is 2.57. The summed E-state index contributed by atoms with van der Waals surface area (Å²) in [5.74, 6) is 0.0396. The third kappa shape index (κ3) is 4.17. The maximum absolute atomic E-state index is 13.0. The molecule has 1 fully saturated rings. The summed E-state index contributed by atoms with van der Waals surface area (Å²) in [6.07, 6.45) is 5.93. The van der Waals surface area contributed by atoms with Crippen molar-refractivity contribution in [2.45, 2.75) is 19.3 Å². The van der Waals surface area contributed by atoms with Gasteiger partial charge in [-0.3, -0.25) is 4.79 Å². The number of hydrogen-bond acceptors (Lipinski definition) is 2. The molecule has 3 nitrogen and oxygen atoms in total. The van der Waals surface area contributed by atoms with Gasteiger partial charge in [0.15, 0.2) is 0 Å². The van der Waals surface area contributed by atoms with E-state index in [-0.39, 0.29) is 18.3 Å². The molecule has 1 atom stereocenters. The molecule has 0 bridgehead atoms. The van der Waals surface area contributed by atoms with Gasteiger partial charge in [0.05, 0.1) is 0 Å². The van der Waals surface area contributed by atoms with E-state index in [9.17, 15) is 9.18 Å². The van der Waals surface area contributed by atoms with E-state index in [1.54, 1.807) is 23.1 Å². The van der Waals surface area contributed by atoms with Crippen LogP contribution in [0.25, 0.3) is 6.08 Å². The molecule has 1 unspecified atom stereocenters. The quantitative estimate of drug-likeness (QED) is 0.859. The highest BCUT2D eigenvalue weighted by Gasteiger charge is 2.21. The molecule has 4 heteroatoms. The Balaban J connectivity index is 1.94. The van der Waals surface area contributed by atoms with E-state index in [0.29, 0.717) is 18.0 Å². The van der Waals surface area contributed by atoms with Gasteiger partial charge in [0, 0.05) is 25.8 Å². The fourth-order valence-corrected chi connectivity index (χ4v) is 2.57. The van der Waals surface area contributed by atoms with Crippen LogP contribution in [-0.4, -0.2) is 35.6 Å². The minimum absolute atomic E-state index is 0.0445. The number of halogens is 1. The van der Waals surface area contributed by atoms with Crippen molar-refractivity contribution < 1.29 is 14.3 Å². The standard InChI is InChI=1S/C16H20FNO2/c17-15-5-1-3-13(11-15)6-7-16(20)18-9-2-4-14(12-18)8-10-19/h1,3,5-7,11,14,19H,2,4,8-10,12H2. The summed E-state index contributed by atoms with van der Waals surface area (Å²) in [6.45, 7) is 1.63. The Morgan fingerprint density at radius 3 is 3.10 bits per heavy atom. The molecule has 2 rings (SSSR count). The van der Waals surface area contributed by atoms with Gasteiger partial charge in [-0.2, -0.15) is 0 Å². The van der Waals surface area contributed by atoms with E-state index in [4.69, 9.17) is 5.11 Å². The van der Waals surface area contributed by atoms with E-state index in [1.165, 1.54) is 18.2 Å². The van der Waals surface area contributed by atoms with Crippen molar-refractivity contribution in [2.75, 3.05) is 19.7 Å². The van der Waals surface area contributed by atoms with Crippen LogP contribution in [0.4, 0.5) is 4.39 Å². The highest BCUT2D eigenvalue weighted by Crippen LogP contribution is 2.19. The number of hydrogen-bond donors (Lipinski definition) is 1. The molecule has 20 heavy (non-hydrogen) atoms. The fraction of sp³-hybridized carbons (Fsp3) is 0.438. The number of aliphatic hydroxyl groups is 1. The van der Waals surface area contributed by atoms with Crippen LogP contribution in [0.15, 0.2) is 30.3 Å². The predicted octanol–water partition coefficient (Wildman–Crippen LogP) is 2.46. The molecule has 1 aromatic carbocycles. The number of amides is 1. The van der Waals surface area contributed by atoms with Crippen LogP contribution in [-0.2, 0) is 4.79 Å². The molecule has 1 aliphatic heterocycles. The zero-order chi connectivity index (χ0) is 14.4. The highest BCUT2D eigenvalue weighted by molar-refractivity contribution is 5.91. The first-order chi connectivity index (χ1) is 9.69. The smallest absolute Gasteiger partial charge is 0.246 e. The number of aliphatic hydroxyl groups excluding tert-OH is 1. The average Bonchev–Trinajstić information content (AvgIpc) is 2.45. The van der Waals surface area contributed by atoms with E-state index < -0.39 is 0 Å². The first-order valence-electron chi connectivity index (χ1n) is 7.02. The molecular formula is C16H20FNO2. The molecule has 1 aromatic rings. The van der Waals surface area contributed by atoms with Crippen LogP contribution < -0.4 is 0 Å². The SMILES string of the molecule is O=C(C=Cc1cccc(F)c1)N1CCCC(CCO)C1. The molecule has 0 spiro atoms. The van der Waals surface area contributed by atoms with Crippen LogP contribution >= 0.6 is 0 Å². The van der Waals surface area contributed by atoms with E-state index in [2.05, 4.69) is 0 Å². The molecule has 1 saturated heterocycles. The Kier molecular flexibility index (Phi) is 5.30. The zero-order valence-electron chi connectivity index (χ0n) is 11.5. The number of piperidine rings is 1. The summed E-state index contributed by atoms with van der Waals surface area (Å²) in [4.78, 5) is 13.9. The molecule has 1 N–H and O–H groups in total. The first-order valence-corrected chi connectivity index (χ1v) is 7.02. The molecule has 0 aliphatic carbocycles. The van der Waals surface area contributed by atoms with Crippen LogP contribution in [0.3, 0.4) is 0 Å². The maximum Gasteiger partial charge on any atom is 0.246 e. The zero-order valence-corrected chi connectivity index (χ0v) is 11.5. The van der Waals surface area contributed by atoms with E-state index in [1.807, 2.05) is 0 Å². The second kappa shape index (κ2) is 7.20. The monoisotopic (exact) mass is 277 g/mol. The largest absolute Gasteiger partial charge is 0.396 e. The Morgan fingerprint density at radius 2 is 2.35 bits per heavy atom. The summed E-state index contributed by atoms with van der Waals surface area (Å²) >= 11 is 0. The predicted molar refractivity (Wildman–Crippen MR) is 76.4 cm³/mol. The molecule has 0 radical (unpaired) electrons. The second-order valence-electron chi connectivity index (χ2n) is 5.19. The summed E-state index contributed by atoms with van der Waals surface area (Å²) in [7, 11) is 0. The van der Waals surface area contributed by atoms with Gasteiger partial charge >= 0.3 is 0 Å². The number of rotatable bonds is 4. The van der Waals surface area contributed by atoms with Gasteiger partial charge in [-0.05, 0) is 49.0 Å². The summed E-state index contributed by atoms with van der Waals surface area (Å²) in [6, 6.07) is 6.16. The molecular weight excluding hydrogens is 257 g/mol. The summed E-state index contributed by atoms with van der Waals surface area (Å²) in [5, 5.41) is 8.97. The molecule has 1 amide bonds. The highest BCUT2D eigenvalue weighted by atomic mass is 19.1. The molecule has 1 aliphatic rings. The van der Waals surface area contributed by atoms with Crippen molar-refractivity contribution in [1.82, 2.24) is 4.90 Å². The van der Waals surface area contributed by atoms with Gasteiger partial charge in [-0.25, -0.2) is 4.39 Å². The lowest BCUT2D eigenvalue weighted by Crippen LogP contribution is -2.39. The van der Waals surface area contributed by atoms with Crippen LogP contribution in [0.2, 0.25) is 0 Å². The lowest BCUT2D eigenvalue weighted by atomic mass is 9.95. The molecule has 108 valence electrons. The molecule has 1 heterocycles. The van der Waals surface area contributed by atoms with Crippen molar-refractivity contribution >= 4 is 12.0 Å². The average molecular weight is 277 g/mol. The number of benzene rings is 1. The normalized spacial score (nSPS) is 19.5. The number of carbonyl (C=O) groups excluding carboxylic acids is 1. The van der Waals surface area contributed by atoms with Gasteiger partial charge in [0.25, 0.3) is 0 Å². The van der Waals surface area contributed by atoms with Crippen molar-refractivity contribution in [2.24, 2.45) is 5.92 Å². The lowest BCUT2D eigenvalue weighted by molar-refractivity contribution is -0.127. The molecule has 0 saturated carbocycles. The number of nitrogens with zero attached hydrogens (tertiary/aromatic N) is 1. The third-order valence-corrected chi connectivity index (χ3v) is 3.64. The number of carbonyl (C=O) groups is 1.